The fourth-order valence-corrected chi connectivity index (χ4v) is 3.12. The number of fused-ring (bicyclic) bond motifs is 1. The van der Waals surface area contributed by atoms with Crippen LogP contribution in [0.2, 0.25) is 0 Å². The Morgan fingerprint density at radius 2 is 1.82 bits per heavy atom. The molecule has 28 heavy (non-hydrogen) atoms. The van der Waals surface area contributed by atoms with Gasteiger partial charge in [-0.3, -0.25) is 9.78 Å². The van der Waals surface area contributed by atoms with Crippen LogP contribution in [-0.2, 0) is 0 Å². The summed E-state index contributed by atoms with van der Waals surface area (Å²) in [5, 5.41) is 12.6. The number of ketones is 1. The third-order valence-electron chi connectivity index (χ3n) is 4.60. The van der Waals surface area contributed by atoms with Gasteiger partial charge in [0, 0.05) is 37.8 Å². The number of carbonyl (C=O) groups excluding carboxylic acids is 1. The van der Waals surface area contributed by atoms with Crippen molar-refractivity contribution in [1.82, 2.24) is 15.3 Å². The molecule has 6 nitrogen and oxygen atoms in total. The van der Waals surface area contributed by atoms with Crippen LogP contribution >= 0.6 is 0 Å². The SMILES string of the molecule is O=C(c1ccc2ncc(N3CCNCC3)nc2c1)c1c(F)c(O)cc(F)c1F. The van der Waals surface area contributed by atoms with E-state index in [0.717, 1.165) is 26.2 Å². The highest BCUT2D eigenvalue weighted by Gasteiger charge is 2.25. The van der Waals surface area contributed by atoms with E-state index in [-0.39, 0.29) is 11.6 Å². The number of hydrogen-bond acceptors (Lipinski definition) is 6. The summed E-state index contributed by atoms with van der Waals surface area (Å²) in [6.07, 6.45) is 1.62. The molecule has 0 aliphatic carbocycles. The summed E-state index contributed by atoms with van der Waals surface area (Å²) in [5.41, 5.74) is -0.382. The molecule has 0 bridgehead atoms. The topological polar surface area (TPSA) is 78.4 Å². The van der Waals surface area contributed by atoms with Crippen LogP contribution in [0.4, 0.5) is 19.0 Å². The Morgan fingerprint density at radius 1 is 1.07 bits per heavy atom. The number of nitrogens with zero attached hydrogens (tertiary/aromatic N) is 3. The predicted octanol–water partition coefficient (Wildman–Crippen LogP) is 2.39. The average molecular weight is 388 g/mol. The van der Waals surface area contributed by atoms with E-state index < -0.39 is 34.5 Å². The van der Waals surface area contributed by atoms with E-state index in [4.69, 9.17) is 0 Å². The molecule has 0 radical (unpaired) electrons. The first-order valence-electron chi connectivity index (χ1n) is 8.59. The van der Waals surface area contributed by atoms with E-state index in [2.05, 4.69) is 15.3 Å². The second kappa shape index (κ2) is 7.08. The number of phenolic OH excluding ortho intramolecular Hbond substituents is 1. The van der Waals surface area contributed by atoms with Gasteiger partial charge in [-0.1, -0.05) is 0 Å². The van der Waals surface area contributed by atoms with E-state index >= 15 is 0 Å². The number of hydrogen-bond donors (Lipinski definition) is 2. The van der Waals surface area contributed by atoms with Crippen molar-refractivity contribution >= 4 is 22.6 Å². The number of benzene rings is 2. The molecule has 1 aliphatic heterocycles. The van der Waals surface area contributed by atoms with Gasteiger partial charge in [0.2, 0.25) is 0 Å². The van der Waals surface area contributed by atoms with Crippen molar-refractivity contribution in [2.24, 2.45) is 0 Å². The number of phenols is 1. The highest BCUT2D eigenvalue weighted by Crippen LogP contribution is 2.27. The van der Waals surface area contributed by atoms with Crippen molar-refractivity contribution in [2.75, 3.05) is 31.1 Å². The average Bonchev–Trinajstić information content (AvgIpc) is 2.72. The van der Waals surface area contributed by atoms with E-state index in [1.165, 1.54) is 18.2 Å². The standard InChI is InChI=1S/C19H15F3N4O2/c20-11-8-14(27)18(22)16(17(11)21)19(28)10-1-2-12-13(7-10)25-15(9-24-12)26-5-3-23-4-6-26/h1-2,7-9,23,27H,3-6H2. The maximum atomic E-state index is 14.1. The summed E-state index contributed by atoms with van der Waals surface area (Å²) in [5.74, 6) is -6.28. The van der Waals surface area contributed by atoms with Crippen molar-refractivity contribution in [3.63, 3.8) is 0 Å². The van der Waals surface area contributed by atoms with Crippen molar-refractivity contribution in [3.05, 3.63) is 59.0 Å². The molecule has 4 rings (SSSR count). The molecule has 9 heteroatoms. The molecule has 2 aromatic carbocycles. The Hall–Kier alpha value is -3.20. The first-order chi connectivity index (χ1) is 13.5. The van der Waals surface area contributed by atoms with Gasteiger partial charge in [-0.2, -0.15) is 0 Å². The van der Waals surface area contributed by atoms with Gasteiger partial charge in [-0.05, 0) is 18.2 Å². The van der Waals surface area contributed by atoms with E-state index in [9.17, 15) is 23.1 Å². The summed E-state index contributed by atoms with van der Waals surface area (Å²) < 4.78 is 41.6. The number of anilines is 1. The first-order valence-corrected chi connectivity index (χ1v) is 8.59. The number of nitrogens with one attached hydrogen (secondary N) is 1. The molecule has 2 N–H and O–H groups in total. The van der Waals surface area contributed by atoms with Gasteiger partial charge in [0.05, 0.1) is 17.2 Å². The lowest BCUT2D eigenvalue weighted by Crippen LogP contribution is -2.43. The van der Waals surface area contributed by atoms with Crippen LogP contribution in [0.25, 0.3) is 11.0 Å². The maximum absolute atomic E-state index is 14.1. The highest BCUT2D eigenvalue weighted by molar-refractivity contribution is 6.10. The lowest BCUT2D eigenvalue weighted by atomic mass is 10.0. The van der Waals surface area contributed by atoms with Crippen LogP contribution in [0.1, 0.15) is 15.9 Å². The van der Waals surface area contributed by atoms with E-state index in [1.807, 2.05) is 4.90 Å². The van der Waals surface area contributed by atoms with Crippen LogP contribution in [0.15, 0.2) is 30.5 Å². The Kier molecular flexibility index (Phi) is 4.60. The number of aromatic nitrogens is 2. The minimum Gasteiger partial charge on any atom is -0.505 e. The van der Waals surface area contributed by atoms with Crippen molar-refractivity contribution < 1.29 is 23.1 Å². The van der Waals surface area contributed by atoms with E-state index in [1.54, 1.807) is 6.20 Å². The molecule has 0 amide bonds. The molecule has 0 spiro atoms. The van der Waals surface area contributed by atoms with Crippen molar-refractivity contribution in [2.45, 2.75) is 0 Å². The summed E-state index contributed by atoms with van der Waals surface area (Å²) in [4.78, 5) is 23.4. The van der Waals surface area contributed by atoms with Gasteiger partial charge in [-0.15, -0.1) is 0 Å². The summed E-state index contributed by atoms with van der Waals surface area (Å²) in [6, 6.07) is 4.45. The molecule has 144 valence electrons. The van der Waals surface area contributed by atoms with Crippen LogP contribution in [0.5, 0.6) is 5.75 Å². The monoisotopic (exact) mass is 388 g/mol. The summed E-state index contributed by atoms with van der Waals surface area (Å²) >= 11 is 0. The zero-order valence-electron chi connectivity index (χ0n) is 14.5. The van der Waals surface area contributed by atoms with Crippen LogP contribution < -0.4 is 10.2 Å². The molecule has 0 atom stereocenters. The number of piperazine rings is 1. The van der Waals surface area contributed by atoms with Crippen LogP contribution in [0.3, 0.4) is 0 Å². The molecular formula is C19H15F3N4O2. The molecule has 3 aromatic rings. The van der Waals surface area contributed by atoms with Gasteiger partial charge in [-0.25, -0.2) is 18.2 Å². The molecule has 0 unspecified atom stereocenters. The second-order valence-corrected chi connectivity index (χ2v) is 6.38. The lowest BCUT2D eigenvalue weighted by Gasteiger charge is -2.28. The molecule has 1 saturated heterocycles. The number of halogens is 3. The first kappa shape index (κ1) is 18.2. The highest BCUT2D eigenvalue weighted by atomic mass is 19.2. The third-order valence-corrected chi connectivity index (χ3v) is 4.60. The second-order valence-electron chi connectivity index (χ2n) is 6.38. The number of carbonyl (C=O) groups is 1. The largest absolute Gasteiger partial charge is 0.505 e. The van der Waals surface area contributed by atoms with Crippen LogP contribution in [0, 0.1) is 17.5 Å². The number of aromatic hydroxyl groups is 1. The fraction of sp³-hybridized carbons (Fsp3) is 0.211. The van der Waals surface area contributed by atoms with Gasteiger partial charge >= 0.3 is 0 Å². The molecule has 1 fully saturated rings. The Balaban J connectivity index is 1.76. The summed E-state index contributed by atoms with van der Waals surface area (Å²) in [7, 11) is 0. The molecule has 2 heterocycles. The maximum Gasteiger partial charge on any atom is 0.199 e. The van der Waals surface area contributed by atoms with Crippen molar-refractivity contribution in [1.29, 1.82) is 0 Å². The summed E-state index contributed by atoms with van der Waals surface area (Å²) in [6.45, 7) is 3.11. The van der Waals surface area contributed by atoms with Gasteiger partial charge < -0.3 is 15.3 Å². The molecule has 1 aliphatic rings. The Bertz CT molecular complexity index is 1060. The van der Waals surface area contributed by atoms with Gasteiger partial charge in [0.1, 0.15) is 11.4 Å². The minimum atomic E-state index is -1.65. The zero-order chi connectivity index (χ0) is 19.8. The van der Waals surface area contributed by atoms with Crippen molar-refractivity contribution in [3.8, 4) is 5.75 Å². The van der Waals surface area contributed by atoms with E-state index in [0.29, 0.717) is 16.9 Å². The molecular weight excluding hydrogens is 373 g/mol. The quantitative estimate of drug-likeness (QED) is 0.530. The normalized spacial score (nSPS) is 14.5. The third kappa shape index (κ3) is 3.13. The zero-order valence-corrected chi connectivity index (χ0v) is 14.5. The van der Waals surface area contributed by atoms with Gasteiger partial charge in [0.15, 0.2) is 29.0 Å². The van der Waals surface area contributed by atoms with Crippen LogP contribution in [-0.4, -0.2) is 47.0 Å². The molecule has 1 aromatic heterocycles. The smallest absolute Gasteiger partial charge is 0.199 e. The Labute approximate surface area is 157 Å². The molecule has 0 saturated carbocycles. The minimum absolute atomic E-state index is 0.0953. The predicted molar refractivity (Wildman–Crippen MR) is 96.0 cm³/mol. The lowest BCUT2D eigenvalue weighted by molar-refractivity contribution is 0.102. The Morgan fingerprint density at radius 3 is 2.57 bits per heavy atom. The fourth-order valence-electron chi connectivity index (χ4n) is 3.12. The van der Waals surface area contributed by atoms with Gasteiger partial charge in [0.25, 0.3) is 0 Å². The number of rotatable bonds is 3.